The number of hydrogen-bond acceptors (Lipinski definition) is 4. The summed E-state index contributed by atoms with van der Waals surface area (Å²) in [5.74, 6) is 3.69. The van der Waals surface area contributed by atoms with Crippen LogP contribution >= 0.6 is 0 Å². The van der Waals surface area contributed by atoms with Gasteiger partial charge in [0.1, 0.15) is 11.5 Å². The molecule has 0 fully saturated rings. The zero-order valence-corrected chi connectivity index (χ0v) is 25.3. The molecule has 0 N–H and O–H groups in total. The van der Waals surface area contributed by atoms with Crippen molar-refractivity contribution in [2.75, 3.05) is 0 Å². The Hall–Kier alpha value is -6.39. The molecule has 0 unspecified atom stereocenters. The third kappa shape index (κ3) is 4.84. The standard InChI is InChI=1S/C43H27N3O/c1-3-11-29(12-4-1)34-17-7-8-18-36(34)43-45-41(31-13-5-2-6-14-31)44-42(46-43)32-23-21-28(22-24-32)33-25-26-38-37(27-33)35-19-9-15-30-16-10-20-39(47-38)40(30)35/h1-27H. The minimum absolute atomic E-state index is 0.630. The van der Waals surface area contributed by atoms with Crippen molar-refractivity contribution in [3.8, 4) is 79.0 Å². The fraction of sp³-hybridized carbons (Fsp3) is 0. The highest BCUT2D eigenvalue weighted by Gasteiger charge is 2.20. The topological polar surface area (TPSA) is 47.9 Å². The molecule has 2 heterocycles. The quantitative estimate of drug-likeness (QED) is 0.197. The summed E-state index contributed by atoms with van der Waals surface area (Å²) in [7, 11) is 0. The fourth-order valence-corrected chi connectivity index (χ4v) is 6.44. The van der Waals surface area contributed by atoms with Crippen LogP contribution in [-0.2, 0) is 0 Å². The normalized spacial score (nSPS) is 11.6. The lowest BCUT2D eigenvalue weighted by molar-refractivity contribution is 0.487. The van der Waals surface area contributed by atoms with Crippen LogP contribution < -0.4 is 4.74 Å². The summed E-state index contributed by atoms with van der Waals surface area (Å²) in [6.07, 6.45) is 0. The molecule has 0 radical (unpaired) electrons. The minimum Gasteiger partial charge on any atom is -0.456 e. The molecule has 0 bridgehead atoms. The second kappa shape index (κ2) is 11.2. The van der Waals surface area contributed by atoms with E-state index in [2.05, 4.69) is 109 Å². The molecular weight excluding hydrogens is 574 g/mol. The largest absolute Gasteiger partial charge is 0.456 e. The van der Waals surface area contributed by atoms with Crippen LogP contribution in [0.15, 0.2) is 164 Å². The SMILES string of the molecule is c1ccc(-c2nc(-c3ccc(-c4ccc5c(c4)-c4cccc6cccc(c46)O5)cc3)nc(-c3ccccc3-c3ccccc3)n2)cc1. The van der Waals surface area contributed by atoms with Crippen LogP contribution in [0, 0.1) is 0 Å². The zero-order valence-electron chi connectivity index (χ0n) is 25.3. The second-order valence-corrected chi connectivity index (χ2v) is 11.6. The summed E-state index contributed by atoms with van der Waals surface area (Å²) in [4.78, 5) is 15.0. The van der Waals surface area contributed by atoms with Crippen molar-refractivity contribution in [1.82, 2.24) is 15.0 Å². The van der Waals surface area contributed by atoms with Crippen LogP contribution in [0.2, 0.25) is 0 Å². The number of hydrogen-bond donors (Lipinski definition) is 0. The lowest BCUT2D eigenvalue weighted by atomic mass is 9.92. The van der Waals surface area contributed by atoms with Crippen molar-refractivity contribution in [2.24, 2.45) is 0 Å². The smallest absolute Gasteiger partial charge is 0.164 e. The summed E-state index contributed by atoms with van der Waals surface area (Å²) in [6.45, 7) is 0. The van der Waals surface area contributed by atoms with Gasteiger partial charge < -0.3 is 4.74 Å². The van der Waals surface area contributed by atoms with Gasteiger partial charge in [0.2, 0.25) is 0 Å². The van der Waals surface area contributed by atoms with Gasteiger partial charge in [-0.3, -0.25) is 0 Å². The van der Waals surface area contributed by atoms with E-state index in [1.54, 1.807) is 0 Å². The number of aromatic nitrogens is 3. The molecule has 1 aromatic heterocycles. The molecule has 4 heteroatoms. The Morgan fingerprint density at radius 2 is 0.872 bits per heavy atom. The molecule has 8 aromatic rings. The van der Waals surface area contributed by atoms with E-state index in [4.69, 9.17) is 19.7 Å². The van der Waals surface area contributed by atoms with Crippen LogP contribution in [0.3, 0.4) is 0 Å². The van der Waals surface area contributed by atoms with Crippen molar-refractivity contribution >= 4 is 10.8 Å². The lowest BCUT2D eigenvalue weighted by Crippen LogP contribution is -2.01. The molecule has 1 aliphatic rings. The first kappa shape index (κ1) is 27.0. The molecular formula is C43H27N3O. The average molecular weight is 602 g/mol. The maximum Gasteiger partial charge on any atom is 0.164 e. The van der Waals surface area contributed by atoms with Crippen LogP contribution in [0.1, 0.15) is 0 Å². The van der Waals surface area contributed by atoms with Gasteiger partial charge in [-0.25, -0.2) is 15.0 Å². The molecule has 9 rings (SSSR count). The highest BCUT2D eigenvalue weighted by Crippen LogP contribution is 2.47. The molecule has 0 aliphatic carbocycles. The fourth-order valence-electron chi connectivity index (χ4n) is 6.44. The van der Waals surface area contributed by atoms with Gasteiger partial charge in [0, 0.05) is 27.6 Å². The maximum atomic E-state index is 6.33. The highest BCUT2D eigenvalue weighted by molar-refractivity contribution is 6.04. The summed E-state index contributed by atoms with van der Waals surface area (Å²) >= 11 is 0. The Labute approximate surface area is 272 Å². The molecule has 47 heavy (non-hydrogen) atoms. The monoisotopic (exact) mass is 601 g/mol. The van der Waals surface area contributed by atoms with E-state index >= 15 is 0 Å². The lowest BCUT2D eigenvalue weighted by Gasteiger charge is -2.22. The number of ether oxygens (including phenoxy) is 1. The number of rotatable bonds is 5. The average Bonchev–Trinajstić information content (AvgIpc) is 3.15. The summed E-state index contributed by atoms with van der Waals surface area (Å²) < 4.78 is 6.33. The maximum absolute atomic E-state index is 6.33. The van der Waals surface area contributed by atoms with Gasteiger partial charge in [0.15, 0.2) is 17.5 Å². The van der Waals surface area contributed by atoms with Gasteiger partial charge in [0.05, 0.1) is 0 Å². The molecule has 0 amide bonds. The predicted octanol–water partition coefficient (Wildman–Crippen LogP) is 11.1. The van der Waals surface area contributed by atoms with Crippen molar-refractivity contribution in [1.29, 1.82) is 0 Å². The Bertz CT molecular complexity index is 2420. The number of fused-ring (bicyclic) bond motifs is 2. The van der Waals surface area contributed by atoms with Gasteiger partial charge in [-0.15, -0.1) is 0 Å². The third-order valence-electron chi connectivity index (χ3n) is 8.75. The van der Waals surface area contributed by atoms with Crippen molar-refractivity contribution in [3.05, 3.63) is 164 Å². The van der Waals surface area contributed by atoms with E-state index in [-0.39, 0.29) is 0 Å². The summed E-state index contributed by atoms with van der Waals surface area (Å²) in [5.41, 5.74) is 9.54. The van der Waals surface area contributed by atoms with E-state index < -0.39 is 0 Å². The molecule has 0 atom stereocenters. The van der Waals surface area contributed by atoms with Crippen molar-refractivity contribution in [3.63, 3.8) is 0 Å². The Morgan fingerprint density at radius 1 is 0.319 bits per heavy atom. The van der Waals surface area contributed by atoms with E-state index in [0.29, 0.717) is 17.5 Å². The number of nitrogens with zero attached hydrogens (tertiary/aromatic N) is 3. The van der Waals surface area contributed by atoms with Crippen LogP contribution in [0.25, 0.3) is 78.3 Å². The van der Waals surface area contributed by atoms with E-state index in [0.717, 1.165) is 61.4 Å². The summed E-state index contributed by atoms with van der Waals surface area (Å²) in [5, 5.41) is 2.34. The van der Waals surface area contributed by atoms with E-state index in [1.807, 2.05) is 54.6 Å². The molecule has 4 nitrogen and oxygen atoms in total. The number of benzene rings is 7. The Morgan fingerprint density at radius 3 is 1.62 bits per heavy atom. The van der Waals surface area contributed by atoms with Crippen LogP contribution in [0.5, 0.6) is 11.5 Å². The van der Waals surface area contributed by atoms with E-state index in [1.165, 1.54) is 10.9 Å². The summed E-state index contributed by atoms with van der Waals surface area (Å²) in [6, 6.07) is 56.3. The van der Waals surface area contributed by atoms with Gasteiger partial charge in [-0.05, 0) is 51.4 Å². The van der Waals surface area contributed by atoms with Gasteiger partial charge in [-0.2, -0.15) is 0 Å². The first-order valence-corrected chi connectivity index (χ1v) is 15.7. The van der Waals surface area contributed by atoms with E-state index in [9.17, 15) is 0 Å². The predicted molar refractivity (Wildman–Crippen MR) is 190 cm³/mol. The van der Waals surface area contributed by atoms with Crippen molar-refractivity contribution < 1.29 is 4.74 Å². The van der Waals surface area contributed by atoms with Gasteiger partial charge in [-0.1, -0.05) is 146 Å². The van der Waals surface area contributed by atoms with Crippen LogP contribution in [0.4, 0.5) is 0 Å². The molecule has 7 aromatic carbocycles. The zero-order chi connectivity index (χ0) is 31.2. The second-order valence-electron chi connectivity index (χ2n) is 11.6. The third-order valence-corrected chi connectivity index (χ3v) is 8.75. The molecule has 0 spiro atoms. The molecule has 0 saturated heterocycles. The Balaban J connectivity index is 1.13. The molecule has 220 valence electrons. The minimum atomic E-state index is 0.630. The highest BCUT2D eigenvalue weighted by atomic mass is 16.5. The van der Waals surface area contributed by atoms with Crippen LogP contribution in [-0.4, -0.2) is 15.0 Å². The van der Waals surface area contributed by atoms with Crippen molar-refractivity contribution in [2.45, 2.75) is 0 Å². The van der Waals surface area contributed by atoms with Gasteiger partial charge in [0.25, 0.3) is 0 Å². The first-order valence-electron chi connectivity index (χ1n) is 15.7. The molecule has 0 saturated carbocycles. The Kier molecular flexibility index (Phi) is 6.43. The first-order chi connectivity index (χ1) is 23.3. The molecule has 1 aliphatic heterocycles. The van der Waals surface area contributed by atoms with Gasteiger partial charge >= 0.3 is 0 Å².